The van der Waals surface area contributed by atoms with Crippen LogP contribution in [0.5, 0.6) is 17.2 Å². The summed E-state index contributed by atoms with van der Waals surface area (Å²) in [6.07, 6.45) is 3.44. The van der Waals surface area contributed by atoms with Gasteiger partial charge in [0, 0.05) is 25.9 Å². The standard InChI is InChI=1S/C34H44N4O9/c1-34(20-23-13-16-27(46-2)28(19-23)47-3,33(45)35-21-30(41)38-18-6-9-26(38)32(43)44)36-31(42)25-8-5-17-37(25)29(40)10-4-7-22-11-14-24(39)15-12-22/h11-16,19,25-26,39H,4-10,17-18,20-21H2,1-3H3,(H,35,45)(H,36,42)(H,43,44)/t25-,26-,34-/m0/s1. The summed E-state index contributed by atoms with van der Waals surface area (Å²) in [5.41, 5.74) is 0.0839. The van der Waals surface area contributed by atoms with E-state index in [-0.39, 0.29) is 31.0 Å². The molecule has 2 fully saturated rings. The van der Waals surface area contributed by atoms with Gasteiger partial charge in [-0.3, -0.25) is 19.2 Å². The van der Waals surface area contributed by atoms with Gasteiger partial charge in [0.25, 0.3) is 0 Å². The quantitative estimate of drug-likeness (QED) is 0.238. The summed E-state index contributed by atoms with van der Waals surface area (Å²) in [6.45, 7) is 1.82. The summed E-state index contributed by atoms with van der Waals surface area (Å²) in [7, 11) is 2.99. The third-order valence-corrected chi connectivity index (χ3v) is 8.83. The number of carboxylic acid groups (broad SMARTS) is 1. The lowest BCUT2D eigenvalue weighted by atomic mass is 9.90. The van der Waals surface area contributed by atoms with Crippen LogP contribution in [-0.2, 0) is 36.8 Å². The van der Waals surface area contributed by atoms with Gasteiger partial charge in [0.2, 0.25) is 23.6 Å². The Kier molecular flexibility index (Phi) is 11.7. The SMILES string of the molecule is COc1ccc(C[C@](C)(NC(=O)[C@@H]2CCCN2C(=O)CCCc2ccc(O)cc2)C(=O)NCC(=O)N2CCC[C@H]2C(=O)O)cc1OC. The predicted octanol–water partition coefficient (Wildman–Crippen LogP) is 2.03. The fourth-order valence-electron chi connectivity index (χ4n) is 6.30. The third-order valence-electron chi connectivity index (χ3n) is 8.83. The number of carbonyl (C=O) groups is 5. The number of likely N-dealkylation sites (tertiary alicyclic amines) is 2. The second kappa shape index (κ2) is 15.7. The minimum Gasteiger partial charge on any atom is -0.508 e. The minimum atomic E-state index is -1.55. The van der Waals surface area contributed by atoms with E-state index >= 15 is 0 Å². The van der Waals surface area contributed by atoms with Crippen LogP contribution in [0.25, 0.3) is 0 Å². The number of aryl methyl sites for hydroxylation is 1. The highest BCUT2D eigenvalue weighted by Gasteiger charge is 2.41. The van der Waals surface area contributed by atoms with Crippen LogP contribution in [0.2, 0.25) is 0 Å². The van der Waals surface area contributed by atoms with E-state index in [9.17, 15) is 34.2 Å². The number of aliphatic carboxylic acids is 1. The number of aromatic hydroxyl groups is 1. The van der Waals surface area contributed by atoms with Crippen molar-refractivity contribution in [1.82, 2.24) is 20.4 Å². The summed E-state index contributed by atoms with van der Waals surface area (Å²) in [4.78, 5) is 68.1. The highest BCUT2D eigenvalue weighted by Crippen LogP contribution is 2.30. The monoisotopic (exact) mass is 652 g/mol. The summed E-state index contributed by atoms with van der Waals surface area (Å²) < 4.78 is 10.7. The number of hydrogen-bond donors (Lipinski definition) is 4. The van der Waals surface area contributed by atoms with E-state index in [1.165, 1.54) is 19.1 Å². The number of amides is 4. The van der Waals surface area contributed by atoms with Gasteiger partial charge in [-0.2, -0.15) is 0 Å². The largest absolute Gasteiger partial charge is 0.508 e. The summed E-state index contributed by atoms with van der Waals surface area (Å²) >= 11 is 0. The van der Waals surface area contributed by atoms with Crippen LogP contribution in [0, 0.1) is 0 Å². The molecule has 2 aromatic rings. The molecule has 2 heterocycles. The first-order chi connectivity index (χ1) is 22.4. The molecule has 4 rings (SSSR count). The molecule has 0 saturated carbocycles. The zero-order chi connectivity index (χ0) is 34.1. The number of phenolic OH excluding ortho intramolecular Hbond substituents is 1. The number of nitrogens with zero attached hydrogens (tertiary/aromatic N) is 2. The molecule has 2 saturated heterocycles. The third kappa shape index (κ3) is 8.72. The van der Waals surface area contributed by atoms with Crippen molar-refractivity contribution in [3.63, 3.8) is 0 Å². The molecule has 4 amide bonds. The lowest BCUT2D eigenvalue weighted by Gasteiger charge is -2.33. The molecule has 13 heteroatoms. The van der Waals surface area contributed by atoms with E-state index in [0.29, 0.717) is 62.1 Å². The van der Waals surface area contributed by atoms with Gasteiger partial charge in [0.15, 0.2) is 11.5 Å². The Morgan fingerprint density at radius 3 is 2.13 bits per heavy atom. The van der Waals surface area contributed by atoms with Gasteiger partial charge in [-0.05, 0) is 80.8 Å². The van der Waals surface area contributed by atoms with Crippen LogP contribution in [0.3, 0.4) is 0 Å². The molecule has 3 atom stereocenters. The molecule has 0 spiro atoms. The molecule has 0 bridgehead atoms. The Hall–Kier alpha value is -4.81. The highest BCUT2D eigenvalue weighted by atomic mass is 16.5. The highest BCUT2D eigenvalue weighted by molar-refractivity contribution is 5.96. The Bertz CT molecular complexity index is 1460. The Morgan fingerprint density at radius 1 is 0.872 bits per heavy atom. The molecule has 2 aromatic carbocycles. The number of carboxylic acids is 1. The number of hydrogen-bond acceptors (Lipinski definition) is 8. The Balaban J connectivity index is 1.47. The average Bonchev–Trinajstić information content (AvgIpc) is 3.75. The predicted molar refractivity (Wildman–Crippen MR) is 171 cm³/mol. The fourth-order valence-corrected chi connectivity index (χ4v) is 6.30. The van der Waals surface area contributed by atoms with Crippen molar-refractivity contribution in [1.29, 1.82) is 0 Å². The molecule has 254 valence electrons. The van der Waals surface area contributed by atoms with E-state index in [2.05, 4.69) is 10.6 Å². The van der Waals surface area contributed by atoms with Crippen LogP contribution in [0.15, 0.2) is 42.5 Å². The zero-order valence-electron chi connectivity index (χ0n) is 27.1. The van der Waals surface area contributed by atoms with Gasteiger partial charge in [0.05, 0.1) is 20.8 Å². The van der Waals surface area contributed by atoms with Crippen LogP contribution in [0.1, 0.15) is 56.6 Å². The molecule has 2 aliphatic heterocycles. The van der Waals surface area contributed by atoms with Crippen LogP contribution >= 0.6 is 0 Å². The molecular weight excluding hydrogens is 608 g/mol. The van der Waals surface area contributed by atoms with Gasteiger partial charge in [-0.15, -0.1) is 0 Å². The molecule has 13 nitrogen and oxygen atoms in total. The lowest BCUT2D eigenvalue weighted by molar-refractivity contribution is -0.148. The second-order valence-electron chi connectivity index (χ2n) is 12.2. The van der Waals surface area contributed by atoms with E-state index in [1.807, 2.05) is 0 Å². The first-order valence-electron chi connectivity index (χ1n) is 15.9. The number of phenols is 1. The molecule has 2 aliphatic rings. The number of rotatable bonds is 14. The van der Waals surface area contributed by atoms with Crippen molar-refractivity contribution >= 4 is 29.6 Å². The van der Waals surface area contributed by atoms with Crippen LogP contribution in [0.4, 0.5) is 0 Å². The molecule has 0 unspecified atom stereocenters. The minimum absolute atomic E-state index is 0.0217. The van der Waals surface area contributed by atoms with Gasteiger partial charge in [0.1, 0.15) is 23.4 Å². The van der Waals surface area contributed by atoms with Gasteiger partial charge < -0.3 is 40.1 Å². The molecule has 47 heavy (non-hydrogen) atoms. The first kappa shape index (κ1) is 35.1. The first-order valence-corrected chi connectivity index (χ1v) is 15.9. The zero-order valence-corrected chi connectivity index (χ0v) is 27.1. The second-order valence-corrected chi connectivity index (χ2v) is 12.2. The maximum absolute atomic E-state index is 13.8. The van der Waals surface area contributed by atoms with Crippen molar-refractivity contribution < 1.29 is 43.7 Å². The number of nitrogens with one attached hydrogen (secondary N) is 2. The van der Waals surface area contributed by atoms with Gasteiger partial charge in [-0.1, -0.05) is 18.2 Å². The Labute approximate surface area is 274 Å². The van der Waals surface area contributed by atoms with Crippen molar-refractivity contribution in [2.24, 2.45) is 0 Å². The normalized spacial score (nSPS) is 18.7. The van der Waals surface area contributed by atoms with E-state index in [1.54, 1.807) is 54.3 Å². The number of methoxy groups -OCH3 is 2. The lowest BCUT2D eigenvalue weighted by Crippen LogP contribution is -2.62. The van der Waals surface area contributed by atoms with Crippen LogP contribution < -0.4 is 20.1 Å². The van der Waals surface area contributed by atoms with E-state index in [0.717, 1.165) is 5.56 Å². The summed E-state index contributed by atoms with van der Waals surface area (Å²) in [6, 6.07) is 10.2. The van der Waals surface area contributed by atoms with Gasteiger partial charge >= 0.3 is 5.97 Å². The topological polar surface area (TPSA) is 175 Å². The maximum Gasteiger partial charge on any atom is 0.326 e. The molecule has 0 aliphatic carbocycles. The number of carbonyl (C=O) groups excluding carboxylic acids is 4. The Morgan fingerprint density at radius 2 is 1.49 bits per heavy atom. The molecule has 4 N–H and O–H groups in total. The number of benzene rings is 2. The van der Waals surface area contributed by atoms with Crippen LogP contribution in [-0.4, -0.2) is 101 Å². The van der Waals surface area contributed by atoms with E-state index in [4.69, 9.17) is 9.47 Å². The summed E-state index contributed by atoms with van der Waals surface area (Å²) in [5.74, 6) is -1.80. The maximum atomic E-state index is 13.8. The van der Waals surface area contributed by atoms with Crippen molar-refractivity contribution in [3.05, 3.63) is 53.6 Å². The van der Waals surface area contributed by atoms with Crippen molar-refractivity contribution in [2.75, 3.05) is 33.9 Å². The molecule has 0 aromatic heterocycles. The molecule has 0 radical (unpaired) electrons. The fraction of sp³-hybridized carbons (Fsp3) is 0.500. The summed E-state index contributed by atoms with van der Waals surface area (Å²) in [5, 5.41) is 24.5. The van der Waals surface area contributed by atoms with Gasteiger partial charge in [-0.25, -0.2) is 4.79 Å². The molecular formula is C34H44N4O9. The smallest absolute Gasteiger partial charge is 0.326 e. The van der Waals surface area contributed by atoms with Crippen molar-refractivity contribution in [3.8, 4) is 17.2 Å². The average molecular weight is 653 g/mol. The van der Waals surface area contributed by atoms with Crippen molar-refractivity contribution in [2.45, 2.75) is 75.9 Å². The van der Waals surface area contributed by atoms with E-state index < -0.39 is 47.9 Å². The number of ether oxygens (including phenoxy) is 2.